The first-order valence-corrected chi connectivity index (χ1v) is 17.1. The highest BCUT2D eigenvalue weighted by molar-refractivity contribution is 6.30. The van der Waals surface area contributed by atoms with Crippen LogP contribution in [0.5, 0.6) is 0 Å². The number of fused-ring (bicyclic) bond motifs is 3. The summed E-state index contributed by atoms with van der Waals surface area (Å²) in [5, 5.41) is 7.30. The summed E-state index contributed by atoms with van der Waals surface area (Å²) in [6.07, 6.45) is 5.90. The van der Waals surface area contributed by atoms with Gasteiger partial charge in [-0.1, -0.05) is 38.4 Å². The van der Waals surface area contributed by atoms with Crippen molar-refractivity contribution < 1.29 is 9.18 Å². The third-order valence-corrected chi connectivity index (χ3v) is 11.1. The highest BCUT2D eigenvalue weighted by Gasteiger charge is 2.56. The lowest BCUT2D eigenvalue weighted by Crippen LogP contribution is -2.58. The van der Waals surface area contributed by atoms with E-state index in [9.17, 15) is 14.0 Å². The minimum absolute atomic E-state index is 0.0190. The lowest BCUT2D eigenvalue weighted by atomic mass is 9.45. The van der Waals surface area contributed by atoms with E-state index in [1.807, 2.05) is 30.0 Å². The fourth-order valence-corrected chi connectivity index (χ4v) is 8.21. The third-order valence-electron chi connectivity index (χ3n) is 10.9. The van der Waals surface area contributed by atoms with Gasteiger partial charge >= 0.3 is 0 Å². The summed E-state index contributed by atoms with van der Waals surface area (Å²) in [5.74, 6) is 2.36. The maximum absolute atomic E-state index is 14.6. The number of carbonyl (C=O) groups is 1. The quantitative estimate of drug-likeness (QED) is 0.189. The molecule has 0 spiro atoms. The number of benzene rings is 2. The van der Waals surface area contributed by atoms with E-state index >= 15 is 0 Å². The SMILES string of the molecule is C[C@@H]1C(/N=C(/Nc2ccc3c(=O)n(CCc4ccc(Cl)cc4F)c(-c4cccnc4)nc3c2)N2CC(=O)N[C@@H](C)C2)C[C@H]2C[C@@H]1C2(C)C. The highest BCUT2D eigenvalue weighted by Crippen LogP contribution is 2.61. The standard InChI is InChI=1S/C37H41ClFN7O2/c1-21-19-45(20-33(47)41-21)36(44-31-15-25-14-29(22(31)2)37(25,3)4)42-27-9-10-28-32(17-27)43-34(24-6-5-12-40-18-24)46(35(28)48)13-11-23-7-8-26(38)16-30(23)39/h5-10,12,16-18,21-22,25,29,31H,11,13-15,19-20H2,1-4H3,(H,41,47)(H,42,44)/t21-,22-,25+,29-,31?/m0/s1. The van der Waals surface area contributed by atoms with E-state index in [-0.39, 0.29) is 43.1 Å². The van der Waals surface area contributed by atoms with E-state index in [4.69, 9.17) is 21.6 Å². The molecule has 1 unspecified atom stereocenters. The Hall–Kier alpha value is -4.31. The summed E-state index contributed by atoms with van der Waals surface area (Å²) in [7, 11) is 0. The smallest absolute Gasteiger partial charge is 0.261 e. The molecular formula is C37H41ClFN7O2. The van der Waals surface area contributed by atoms with Crippen LogP contribution in [0.1, 0.15) is 46.1 Å². The van der Waals surface area contributed by atoms with E-state index in [0.717, 1.165) is 12.1 Å². The van der Waals surface area contributed by atoms with Crippen molar-refractivity contribution in [3.8, 4) is 11.4 Å². The van der Waals surface area contributed by atoms with Crippen LogP contribution in [0, 0.1) is 29.0 Å². The van der Waals surface area contributed by atoms with Gasteiger partial charge in [-0.25, -0.2) is 14.4 Å². The molecule has 1 aliphatic heterocycles. The van der Waals surface area contributed by atoms with E-state index < -0.39 is 5.82 Å². The summed E-state index contributed by atoms with van der Waals surface area (Å²) in [5.41, 5.74) is 2.48. The fraction of sp³-hybridized carbons (Fsp3) is 0.432. The van der Waals surface area contributed by atoms with Crippen molar-refractivity contribution in [2.75, 3.05) is 18.4 Å². The number of piperazine rings is 1. The minimum Gasteiger partial charge on any atom is -0.350 e. The molecule has 9 nitrogen and oxygen atoms in total. The number of halogens is 2. The van der Waals surface area contributed by atoms with Crippen molar-refractivity contribution in [2.24, 2.45) is 28.2 Å². The topological polar surface area (TPSA) is 105 Å². The molecule has 2 aromatic heterocycles. The zero-order valence-electron chi connectivity index (χ0n) is 27.7. The maximum atomic E-state index is 14.6. The molecule has 4 aromatic rings. The van der Waals surface area contributed by atoms with Gasteiger partial charge in [-0.15, -0.1) is 0 Å². The molecule has 2 bridgehead atoms. The molecule has 3 aliphatic carbocycles. The number of rotatable bonds is 6. The van der Waals surface area contributed by atoms with Crippen LogP contribution >= 0.6 is 11.6 Å². The summed E-state index contributed by atoms with van der Waals surface area (Å²) >= 11 is 5.96. The summed E-state index contributed by atoms with van der Waals surface area (Å²) in [6.45, 7) is 10.1. The molecule has 2 N–H and O–H groups in total. The second kappa shape index (κ2) is 12.6. The van der Waals surface area contributed by atoms with Crippen LogP contribution in [0.2, 0.25) is 5.02 Å². The Bertz CT molecular complexity index is 1960. The monoisotopic (exact) mass is 669 g/mol. The number of anilines is 1. The van der Waals surface area contributed by atoms with Crippen molar-refractivity contribution in [2.45, 2.75) is 65.6 Å². The number of hydrogen-bond donors (Lipinski definition) is 2. The molecular weight excluding hydrogens is 629 g/mol. The Kier molecular flexibility index (Phi) is 8.48. The van der Waals surface area contributed by atoms with Gasteiger partial charge in [0.05, 0.1) is 23.5 Å². The van der Waals surface area contributed by atoms with Crippen molar-refractivity contribution >= 4 is 40.1 Å². The van der Waals surface area contributed by atoms with Gasteiger partial charge in [0, 0.05) is 47.8 Å². The number of aryl methyl sites for hydroxylation is 1. The minimum atomic E-state index is -0.413. The van der Waals surface area contributed by atoms with Gasteiger partial charge in [0.1, 0.15) is 11.6 Å². The zero-order chi connectivity index (χ0) is 33.7. The molecule has 250 valence electrons. The van der Waals surface area contributed by atoms with Crippen molar-refractivity contribution in [1.29, 1.82) is 0 Å². The first-order chi connectivity index (χ1) is 23.0. The van der Waals surface area contributed by atoms with Gasteiger partial charge in [-0.2, -0.15) is 0 Å². The molecule has 4 aliphatic rings. The third kappa shape index (κ3) is 6.06. The lowest BCUT2D eigenvalue weighted by Gasteiger charge is -2.61. The van der Waals surface area contributed by atoms with Crippen LogP contribution in [0.15, 0.2) is 70.7 Å². The van der Waals surface area contributed by atoms with Gasteiger partial charge < -0.3 is 15.5 Å². The van der Waals surface area contributed by atoms with Gasteiger partial charge in [-0.3, -0.25) is 19.1 Å². The van der Waals surface area contributed by atoms with Gasteiger partial charge in [0.15, 0.2) is 5.96 Å². The van der Waals surface area contributed by atoms with Crippen LogP contribution in [-0.2, 0) is 17.8 Å². The number of aromatic nitrogens is 3. The number of hydrogen-bond acceptors (Lipinski definition) is 5. The molecule has 48 heavy (non-hydrogen) atoms. The summed E-state index contributed by atoms with van der Waals surface area (Å²) < 4.78 is 16.2. The van der Waals surface area contributed by atoms with Crippen molar-refractivity contribution in [1.82, 2.24) is 24.8 Å². The molecule has 11 heteroatoms. The van der Waals surface area contributed by atoms with Gasteiger partial charge in [0.25, 0.3) is 5.56 Å². The van der Waals surface area contributed by atoms with Crippen LogP contribution < -0.4 is 16.2 Å². The number of amides is 1. The number of aliphatic imine (C=N–C) groups is 1. The molecule has 5 atom stereocenters. The molecule has 3 heterocycles. The van der Waals surface area contributed by atoms with Crippen LogP contribution in [0.4, 0.5) is 10.1 Å². The van der Waals surface area contributed by atoms with Gasteiger partial charge in [0.2, 0.25) is 5.91 Å². The molecule has 8 rings (SSSR count). The van der Waals surface area contributed by atoms with E-state index in [0.29, 0.717) is 68.5 Å². The second-order valence-electron chi connectivity index (χ2n) is 14.3. The van der Waals surface area contributed by atoms with E-state index in [2.05, 4.69) is 36.4 Å². The van der Waals surface area contributed by atoms with Crippen molar-refractivity contribution in [3.63, 3.8) is 0 Å². The Balaban J connectivity index is 1.24. The molecule has 0 radical (unpaired) electrons. The predicted molar refractivity (Wildman–Crippen MR) is 188 cm³/mol. The zero-order valence-corrected chi connectivity index (χ0v) is 28.5. The average molecular weight is 670 g/mol. The first-order valence-electron chi connectivity index (χ1n) is 16.8. The molecule has 2 aromatic carbocycles. The predicted octanol–water partition coefficient (Wildman–Crippen LogP) is 6.15. The molecule has 1 amide bonds. The second-order valence-corrected chi connectivity index (χ2v) is 14.7. The summed E-state index contributed by atoms with van der Waals surface area (Å²) in [4.78, 5) is 43.2. The Labute approximate surface area is 284 Å². The average Bonchev–Trinajstić information content (AvgIpc) is 3.05. The number of pyridine rings is 1. The molecule has 4 fully saturated rings. The number of guanidine groups is 1. The summed E-state index contributed by atoms with van der Waals surface area (Å²) in [6, 6.07) is 13.8. The fourth-order valence-electron chi connectivity index (χ4n) is 8.05. The van der Waals surface area contributed by atoms with E-state index in [1.54, 1.807) is 41.2 Å². The number of nitrogens with one attached hydrogen (secondary N) is 2. The Morgan fingerprint density at radius 3 is 2.69 bits per heavy atom. The highest BCUT2D eigenvalue weighted by atomic mass is 35.5. The molecule has 3 saturated carbocycles. The lowest BCUT2D eigenvalue weighted by molar-refractivity contribution is -0.124. The maximum Gasteiger partial charge on any atom is 0.261 e. The number of nitrogens with zero attached hydrogens (tertiary/aromatic N) is 5. The van der Waals surface area contributed by atoms with Crippen LogP contribution in [0.3, 0.4) is 0 Å². The van der Waals surface area contributed by atoms with Gasteiger partial charge in [-0.05, 0) is 97.4 Å². The Morgan fingerprint density at radius 1 is 1.15 bits per heavy atom. The molecule has 1 saturated heterocycles. The van der Waals surface area contributed by atoms with Crippen molar-refractivity contribution in [3.05, 3.63) is 87.7 Å². The first kappa shape index (κ1) is 32.2. The van der Waals surface area contributed by atoms with Crippen LogP contribution in [-0.4, -0.2) is 56.5 Å². The van der Waals surface area contributed by atoms with E-state index in [1.165, 1.54) is 12.5 Å². The number of carbonyl (C=O) groups excluding carboxylic acids is 1. The normalized spacial score (nSPS) is 25.0. The largest absolute Gasteiger partial charge is 0.350 e. The Morgan fingerprint density at radius 2 is 1.98 bits per heavy atom. The van der Waals surface area contributed by atoms with Crippen LogP contribution in [0.25, 0.3) is 22.3 Å².